The molecule has 2 aliphatic carbocycles. The number of thiazole rings is 1. The predicted molar refractivity (Wildman–Crippen MR) is 168 cm³/mol. The number of carbonyl (C=O) groups excluding carboxylic acids is 3. The zero-order valence-electron chi connectivity index (χ0n) is 25.0. The van der Waals surface area contributed by atoms with Crippen molar-refractivity contribution in [3.63, 3.8) is 0 Å². The van der Waals surface area contributed by atoms with E-state index < -0.39 is 41.5 Å². The molecule has 10 nitrogen and oxygen atoms in total. The van der Waals surface area contributed by atoms with E-state index in [0.717, 1.165) is 31.7 Å². The van der Waals surface area contributed by atoms with E-state index in [-0.39, 0.29) is 58.6 Å². The fourth-order valence-electron chi connectivity index (χ4n) is 8.16. The van der Waals surface area contributed by atoms with Gasteiger partial charge < -0.3 is 20.1 Å². The third-order valence-electron chi connectivity index (χ3n) is 9.76. The zero-order chi connectivity index (χ0) is 32.4. The number of rotatable bonds is 9. The topological polar surface area (TPSA) is 146 Å². The van der Waals surface area contributed by atoms with Gasteiger partial charge in [0.05, 0.1) is 16.9 Å². The van der Waals surface area contributed by atoms with Crippen molar-refractivity contribution in [2.75, 3.05) is 11.9 Å². The Labute approximate surface area is 271 Å². The SMILES string of the molecule is CC(C)CC(C(=O)O)N1C(=O)C2C3CC(C2C1=O)C1C3Sc2[nH]c(=O)sc2[C@@H]1c1cccc(OCC(=O)Nc2ccc(F)cc2)c1. The van der Waals surface area contributed by atoms with E-state index in [1.807, 2.05) is 32.0 Å². The number of likely N-dealkylation sites (tertiary alicyclic amines) is 1. The van der Waals surface area contributed by atoms with Gasteiger partial charge in [0.25, 0.3) is 5.91 Å². The molecule has 3 amide bonds. The van der Waals surface area contributed by atoms with Gasteiger partial charge in [-0.15, -0.1) is 11.8 Å². The minimum absolute atomic E-state index is 0.0160. The van der Waals surface area contributed by atoms with Crippen LogP contribution in [-0.2, 0) is 19.2 Å². The molecule has 240 valence electrons. The highest BCUT2D eigenvalue weighted by atomic mass is 32.2. The second-order valence-electron chi connectivity index (χ2n) is 12.9. The van der Waals surface area contributed by atoms with E-state index in [2.05, 4.69) is 10.3 Å². The number of H-pyrrole nitrogens is 1. The molecule has 2 aliphatic heterocycles. The molecule has 0 radical (unpaired) electrons. The quantitative estimate of drug-likeness (QED) is 0.282. The molecule has 1 aromatic heterocycles. The van der Waals surface area contributed by atoms with Crippen molar-refractivity contribution in [1.82, 2.24) is 9.88 Å². The average Bonchev–Trinajstić information content (AvgIpc) is 3.75. The highest BCUT2D eigenvalue weighted by Gasteiger charge is 2.70. The minimum atomic E-state index is -1.19. The number of carbonyl (C=O) groups is 4. The van der Waals surface area contributed by atoms with Crippen molar-refractivity contribution in [2.45, 2.75) is 48.9 Å². The van der Waals surface area contributed by atoms with E-state index in [1.54, 1.807) is 17.8 Å². The number of anilines is 1. The van der Waals surface area contributed by atoms with Gasteiger partial charge in [-0.1, -0.05) is 37.3 Å². The van der Waals surface area contributed by atoms with E-state index in [1.165, 1.54) is 24.3 Å². The summed E-state index contributed by atoms with van der Waals surface area (Å²) in [5.41, 5.74) is 1.31. The van der Waals surface area contributed by atoms with Crippen LogP contribution in [0.5, 0.6) is 5.75 Å². The maximum Gasteiger partial charge on any atom is 0.326 e. The van der Waals surface area contributed by atoms with Gasteiger partial charge in [0.2, 0.25) is 11.8 Å². The molecule has 1 saturated heterocycles. The molecule has 2 bridgehead atoms. The Morgan fingerprint density at radius 1 is 1.09 bits per heavy atom. The molecule has 0 spiro atoms. The molecule has 4 aliphatic rings. The molecule has 3 heterocycles. The van der Waals surface area contributed by atoms with Gasteiger partial charge in [-0.05, 0) is 78.5 Å². The molecule has 7 rings (SSSR count). The van der Waals surface area contributed by atoms with Crippen LogP contribution in [0.2, 0.25) is 0 Å². The number of hydrogen-bond acceptors (Lipinski definition) is 8. The number of imide groups is 1. The van der Waals surface area contributed by atoms with E-state index >= 15 is 0 Å². The zero-order valence-corrected chi connectivity index (χ0v) is 26.6. The summed E-state index contributed by atoms with van der Waals surface area (Å²) >= 11 is 2.69. The summed E-state index contributed by atoms with van der Waals surface area (Å²) in [5.74, 6) is -4.13. The summed E-state index contributed by atoms with van der Waals surface area (Å²) in [7, 11) is 0. The number of carboxylic acid groups (broad SMARTS) is 1. The molecule has 8 atom stereocenters. The van der Waals surface area contributed by atoms with Crippen molar-refractivity contribution < 1.29 is 33.4 Å². The Balaban J connectivity index is 1.17. The Hall–Kier alpha value is -3.97. The summed E-state index contributed by atoms with van der Waals surface area (Å²) in [6.07, 6.45) is 0.874. The fourth-order valence-corrected chi connectivity index (χ4v) is 11.0. The highest BCUT2D eigenvalue weighted by Crippen LogP contribution is 2.68. The lowest BCUT2D eigenvalue weighted by atomic mass is 9.68. The van der Waals surface area contributed by atoms with E-state index in [9.17, 15) is 33.5 Å². The molecule has 3 aromatic rings. The van der Waals surface area contributed by atoms with Crippen LogP contribution < -0.4 is 14.9 Å². The Morgan fingerprint density at radius 2 is 1.80 bits per heavy atom. The van der Waals surface area contributed by atoms with Gasteiger partial charge in [0.1, 0.15) is 17.6 Å². The summed E-state index contributed by atoms with van der Waals surface area (Å²) in [6, 6.07) is 11.6. The predicted octanol–water partition coefficient (Wildman–Crippen LogP) is 4.57. The molecule has 46 heavy (non-hydrogen) atoms. The monoisotopic (exact) mass is 665 g/mol. The van der Waals surface area contributed by atoms with Crippen molar-refractivity contribution in [1.29, 1.82) is 0 Å². The highest BCUT2D eigenvalue weighted by molar-refractivity contribution is 8.00. The first-order chi connectivity index (χ1) is 22.0. The lowest BCUT2D eigenvalue weighted by Gasteiger charge is -2.43. The first kappa shape index (κ1) is 30.7. The van der Waals surface area contributed by atoms with Gasteiger partial charge in [-0.2, -0.15) is 0 Å². The average molecular weight is 666 g/mol. The minimum Gasteiger partial charge on any atom is -0.484 e. The number of aromatic amines is 1. The number of nitrogens with zero attached hydrogens (tertiary/aromatic N) is 1. The number of aromatic nitrogens is 1. The number of amides is 3. The second-order valence-corrected chi connectivity index (χ2v) is 15.1. The first-order valence-corrected chi connectivity index (χ1v) is 17.0. The van der Waals surface area contributed by atoms with Crippen LogP contribution in [-0.4, -0.2) is 56.6 Å². The number of nitrogens with one attached hydrogen (secondary N) is 2. The Bertz CT molecular complexity index is 1790. The molecular weight excluding hydrogens is 634 g/mol. The van der Waals surface area contributed by atoms with Crippen LogP contribution in [0.3, 0.4) is 0 Å². The molecule has 2 aromatic carbocycles. The van der Waals surface area contributed by atoms with Gasteiger partial charge in [-0.3, -0.25) is 24.1 Å². The van der Waals surface area contributed by atoms with E-state index in [4.69, 9.17) is 4.74 Å². The number of halogens is 1. The lowest BCUT2D eigenvalue weighted by Crippen LogP contribution is -2.47. The van der Waals surface area contributed by atoms with Gasteiger partial charge in [0, 0.05) is 21.7 Å². The number of fused-ring (bicyclic) bond motifs is 9. The van der Waals surface area contributed by atoms with Crippen LogP contribution in [0.4, 0.5) is 10.1 Å². The van der Waals surface area contributed by atoms with Crippen molar-refractivity contribution >= 4 is 52.5 Å². The van der Waals surface area contributed by atoms with Crippen molar-refractivity contribution in [2.24, 2.45) is 35.5 Å². The summed E-state index contributed by atoms with van der Waals surface area (Å²) in [6.45, 7) is 3.46. The van der Waals surface area contributed by atoms with Gasteiger partial charge in [0.15, 0.2) is 6.61 Å². The van der Waals surface area contributed by atoms with Gasteiger partial charge in [-0.25, -0.2) is 9.18 Å². The number of hydrogen-bond donors (Lipinski definition) is 3. The molecule has 3 fully saturated rings. The summed E-state index contributed by atoms with van der Waals surface area (Å²) in [5, 5.41) is 13.4. The number of benzene rings is 2. The largest absolute Gasteiger partial charge is 0.484 e. The summed E-state index contributed by atoms with van der Waals surface area (Å²) < 4.78 is 19.1. The molecule has 7 unspecified atom stereocenters. The smallest absolute Gasteiger partial charge is 0.326 e. The third kappa shape index (κ3) is 5.13. The maximum atomic E-state index is 13.9. The number of carboxylic acids is 1. The van der Waals surface area contributed by atoms with Crippen molar-refractivity contribution in [3.8, 4) is 5.75 Å². The molecular formula is C33H32FN3O7S2. The molecule has 13 heteroatoms. The number of aliphatic carboxylic acids is 1. The number of ether oxygens (including phenoxy) is 1. The molecule has 3 N–H and O–H groups in total. The van der Waals surface area contributed by atoms with Crippen molar-refractivity contribution in [3.05, 3.63) is 74.5 Å². The fraction of sp³-hybridized carbons (Fsp3) is 0.424. The lowest BCUT2D eigenvalue weighted by molar-refractivity contribution is -0.156. The number of thioether (sulfide) groups is 1. The summed E-state index contributed by atoms with van der Waals surface area (Å²) in [4.78, 5) is 69.8. The first-order valence-electron chi connectivity index (χ1n) is 15.3. The maximum absolute atomic E-state index is 13.9. The standard InChI is InChI=1S/C33H32FN3O7S2/c1-14(2)10-21(32(41)42)37-30(39)25-19-12-20(26(25)31(37)40)27-24(19)23(28-29(45-27)36-33(43)46-28)15-4-3-5-18(11-15)44-13-22(38)35-17-8-6-16(34)7-9-17/h3-9,11,14,19-21,23-27H,10,12-13H2,1-2H3,(H,35,38)(H,36,43)(H,41,42)/t19?,20?,21?,23-,24?,25?,26?,27?/m1/s1. The van der Waals surface area contributed by atoms with Crippen LogP contribution in [0, 0.1) is 41.3 Å². The second kappa shape index (κ2) is 11.7. The van der Waals surface area contributed by atoms with Crippen LogP contribution in [0.1, 0.15) is 43.0 Å². The van der Waals surface area contributed by atoms with Crippen LogP contribution >= 0.6 is 23.1 Å². The normalized spacial score (nSPS) is 28.2. The van der Waals surface area contributed by atoms with Crippen LogP contribution in [0.15, 0.2) is 58.4 Å². The van der Waals surface area contributed by atoms with Gasteiger partial charge >= 0.3 is 10.8 Å². The Kier molecular flexibility index (Phi) is 7.79. The third-order valence-corrected chi connectivity index (χ3v) is 12.4. The van der Waals surface area contributed by atoms with E-state index in [0.29, 0.717) is 17.9 Å². The van der Waals surface area contributed by atoms with Crippen LogP contribution in [0.25, 0.3) is 0 Å². The molecule has 2 saturated carbocycles. The Morgan fingerprint density at radius 3 is 2.50 bits per heavy atom.